The van der Waals surface area contributed by atoms with E-state index in [-0.39, 0.29) is 79.6 Å². The van der Waals surface area contributed by atoms with Gasteiger partial charge in [0, 0.05) is 160 Å². The molecular formula is C95H126N18O16. The minimum absolute atomic E-state index is 0.00837. The molecule has 1 saturated carbocycles. The van der Waals surface area contributed by atoms with E-state index in [0.717, 1.165) is 47.5 Å². The number of carbonyl (C=O) groups excluding carboxylic acids is 7. The van der Waals surface area contributed by atoms with Crippen LogP contribution in [0, 0.1) is 29.6 Å². The van der Waals surface area contributed by atoms with Crippen LogP contribution in [0.25, 0.3) is 33.4 Å². The molecule has 2 aromatic carbocycles. The van der Waals surface area contributed by atoms with Gasteiger partial charge in [0.1, 0.15) is 47.4 Å². The summed E-state index contributed by atoms with van der Waals surface area (Å²) in [5.74, 6) is -4.71. The van der Waals surface area contributed by atoms with Gasteiger partial charge in [0.2, 0.25) is 23.6 Å². The van der Waals surface area contributed by atoms with Gasteiger partial charge < -0.3 is 84.3 Å². The first-order valence-electron chi connectivity index (χ1n) is 45.9. The van der Waals surface area contributed by atoms with Crippen molar-refractivity contribution in [2.75, 3.05) is 121 Å². The number of rotatable bonds is 20. The number of hydrogen-bond donors (Lipinski definition) is 5. The number of esters is 1. The quantitative estimate of drug-likeness (QED) is 0.0205. The number of piperidine rings is 1. The second kappa shape index (κ2) is 43.6. The summed E-state index contributed by atoms with van der Waals surface area (Å²) in [5, 5.41) is 31.9. The third-order valence-electron chi connectivity index (χ3n) is 26.8. The average molecular weight is 1780 g/mol. The molecule has 5 fully saturated rings. The molecule has 1 aliphatic carbocycles. The predicted octanol–water partition coefficient (Wildman–Crippen LogP) is 9.88. The number of ketones is 2. The van der Waals surface area contributed by atoms with Crippen molar-refractivity contribution in [3.8, 4) is 11.3 Å². The molecule has 4 saturated heterocycles. The number of Topliss-reactive ketones (excluding diaryl/α,β-unsaturated/α-hetero) is 2. The van der Waals surface area contributed by atoms with Gasteiger partial charge in [0.15, 0.2) is 11.2 Å². The normalized spacial score (nSPS) is 27.4. The second-order valence-corrected chi connectivity index (χ2v) is 36.0. The van der Waals surface area contributed by atoms with Gasteiger partial charge in [-0.1, -0.05) is 82.4 Å². The molecule has 11 heterocycles. The van der Waals surface area contributed by atoms with E-state index in [2.05, 4.69) is 75.1 Å². The van der Waals surface area contributed by atoms with E-state index in [1.807, 2.05) is 95.7 Å². The fourth-order valence-electron chi connectivity index (χ4n) is 18.9. The zero-order valence-electron chi connectivity index (χ0n) is 75.6. The van der Waals surface area contributed by atoms with E-state index >= 15 is 0 Å². The van der Waals surface area contributed by atoms with Crippen LogP contribution in [0.4, 0.5) is 28.5 Å². The second-order valence-electron chi connectivity index (χ2n) is 36.0. The van der Waals surface area contributed by atoms with Gasteiger partial charge in [-0.05, 0) is 168 Å². The van der Waals surface area contributed by atoms with Gasteiger partial charge in [-0.3, -0.25) is 28.9 Å². The zero-order valence-corrected chi connectivity index (χ0v) is 75.6. The van der Waals surface area contributed by atoms with Crippen molar-refractivity contribution in [2.45, 2.75) is 219 Å². The van der Waals surface area contributed by atoms with Gasteiger partial charge >= 0.3 is 12.1 Å². The SMILES string of the molecule is CO[C@H]1CC2CC[C@@H](C)[C@@](O)(O2)C(=O)C(=O)N2CCCC[C@H]2C(=O)O[C@H](CC[C@@H]2CC[C@@H](OC(=O)NCc3cnc(N4CCN(C(=O)CCOCCN5CCN(c6ncc(C(=O)N7CCc8cc(Cn9nc(-c%10ccc%11oc(N)nc%11c%10)c%10c(N)ncnc%109)ccc8C7)cn6)CC5)CC4)nc3)[C@H](OC)C2)CC[C@H](C)/C=C(\C)[C@@H](O)CC(=O)[C@H](C)C[C@H](C)/C=C/C=C/C=C/1C. The van der Waals surface area contributed by atoms with Crippen LogP contribution >= 0.6 is 0 Å². The number of nitrogens with one attached hydrogen (secondary N) is 1. The van der Waals surface area contributed by atoms with Crippen molar-refractivity contribution < 1.29 is 76.6 Å². The van der Waals surface area contributed by atoms with Crippen molar-refractivity contribution in [2.24, 2.45) is 29.6 Å². The number of aliphatic hydroxyl groups excluding tert-OH is 1. The average Bonchev–Trinajstić information content (AvgIpc) is 1.55. The number of alkyl carbamates (subject to hydrolysis) is 1. The number of fused-ring (bicyclic) bond motifs is 6. The number of amides is 4. The molecule has 7 N–H and O–H groups in total. The minimum Gasteiger partial charge on any atom is -0.461 e. The van der Waals surface area contributed by atoms with E-state index in [0.29, 0.717) is 224 Å². The molecule has 7 aromatic rings. The minimum atomic E-state index is -2.43. The fourth-order valence-corrected chi connectivity index (χ4v) is 18.9. The standard InChI is InChI=1S/C95H126N18O16/c1-59-14-10-9-11-15-61(3)80(123-7)49-73-25-18-64(6)95(122,129-73)85(117)89(119)112-31-13-12-16-75(112)90(120)126-72(24-17-60(2)45-63(5)77(115)50-76(114)62(4)44-59)26-20-65-21-27-79(81(47-65)124-8)128-94(121)102-53-67-51-98-92(99-52-67)110-39-37-108(38-40-110)82(116)30-42-125-43-41-107-33-35-109(36-34-107)93-100-54-71(55-101-93)88(118)111-32-29-68-46-66(19-22-70(68)57-111)56-113-87-83(86(96)103-58-104-87)84(106-113)69-23-28-78-74(48-69)105-91(97)127-78/h9-11,14-15,19,22-23,28,45-46,48,51-52,54-55,58-60,62,64-65,72-73,75,77,79-81,115,122H,12-13,16-18,20-21,24-27,29-44,47,49-50,53,56-57H2,1-8H3,(H2,97,105)(H,102,121)(H2,96,103,104)/b11-9+,14-10+,61-15+,63-45+/t59-,60+,62-,64-,65-,72+,73?,75+,77+,79-,80+,81-,95-/m1/s1. The Labute approximate surface area is 753 Å². The van der Waals surface area contributed by atoms with Crippen LogP contribution in [0.5, 0.6) is 0 Å². The number of ether oxygens (including phenoxy) is 6. The smallest absolute Gasteiger partial charge is 0.407 e. The van der Waals surface area contributed by atoms with Crippen molar-refractivity contribution in [3.05, 3.63) is 143 Å². The number of nitrogens with two attached hydrogens (primary N) is 2. The molecule has 0 spiro atoms. The number of methoxy groups -OCH3 is 2. The highest BCUT2D eigenvalue weighted by atomic mass is 16.6. The van der Waals surface area contributed by atoms with E-state index in [1.54, 1.807) is 52.0 Å². The van der Waals surface area contributed by atoms with Gasteiger partial charge in [-0.25, -0.2) is 44.2 Å². The molecule has 34 heteroatoms. The first kappa shape index (κ1) is 94.1. The maximum Gasteiger partial charge on any atom is 0.407 e. The highest BCUT2D eigenvalue weighted by molar-refractivity contribution is 6.39. The molecule has 2 bridgehead atoms. The molecule has 1 unspecified atom stereocenters. The maximum atomic E-state index is 14.6. The van der Waals surface area contributed by atoms with E-state index in [9.17, 15) is 43.8 Å². The number of carbonyl (C=O) groups is 7. The number of oxazole rings is 1. The summed E-state index contributed by atoms with van der Waals surface area (Å²) >= 11 is 0. The molecule has 4 amide bonds. The van der Waals surface area contributed by atoms with Crippen LogP contribution in [0.15, 0.2) is 120 Å². The van der Waals surface area contributed by atoms with Gasteiger partial charge in [-0.15, -0.1) is 0 Å². The number of aromatic nitrogens is 9. The number of piperazine rings is 2. The molecule has 34 nitrogen and oxygen atoms in total. The number of cyclic esters (lactones) is 1. The Bertz CT molecular complexity index is 5200. The van der Waals surface area contributed by atoms with Crippen molar-refractivity contribution in [1.82, 2.24) is 69.6 Å². The molecule has 692 valence electrons. The molecule has 13 atom stereocenters. The van der Waals surface area contributed by atoms with Crippen molar-refractivity contribution in [1.29, 1.82) is 0 Å². The summed E-state index contributed by atoms with van der Waals surface area (Å²) in [4.78, 5) is 141. The summed E-state index contributed by atoms with van der Waals surface area (Å²) in [6.07, 6.45) is 23.7. The Morgan fingerprint density at radius 2 is 1.47 bits per heavy atom. The number of nitrogen functional groups attached to an aromatic ring is 2. The topological polar surface area (TPSA) is 420 Å². The third-order valence-corrected chi connectivity index (χ3v) is 26.8. The number of hydrogen-bond acceptors (Lipinski definition) is 29. The summed E-state index contributed by atoms with van der Waals surface area (Å²) in [6.45, 7) is 19.7. The largest absolute Gasteiger partial charge is 0.461 e. The summed E-state index contributed by atoms with van der Waals surface area (Å²) in [7, 11) is 3.19. The number of aliphatic hydroxyl groups is 2. The number of benzene rings is 2. The van der Waals surface area contributed by atoms with Crippen LogP contribution in [0.2, 0.25) is 0 Å². The van der Waals surface area contributed by atoms with E-state index < -0.39 is 78.1 Å². The van der Waals surface area contributed by atoms with Crippen LogP contribution in [0.1, 0.15) is 177 Å². The lowest BCUT2D eigenvalue weighted by Crippen LogP contribution is -2.60. The number of anilines is 4. The highest BCUT2D eigenvalue weighted by Gasteiger charge is 2.53. The lowest BCUT2D eigenvalue weighted by molar-refractivity contribution is -0.265. The van der Waals surface area contributed by atoms with Crippen LogP contribution < -0.4 is 26.6 Å². The molecule has 7 aliphatic rings. The Hall–Kier alpha value is -11.0. The summed E-state index contributed by atoms with van der Waals surface area (Å²) < 4.78 is 43.9. The third kappa shape index (κ3) is 23.8. The molecule has 14 rings (SSSR count). The van der Waals surface area contributed by atoms with Gasteiger partial charge in [0.25, 0.3) is 23.6 Å². The van der Waals surface area contributed by atoms with Crippen molar-refractivity contribution in [3.63, 3.8) is 0 Å². The van der Waals surface area contributed by atoms with Crippen LogP contribution in [0.3, 0.4) is 0 Å². The Kier molecular flexibility index (Phi) is 31.8. The Morgan fingerprint density at radius 3 is 2.22 bits per heavy atom. The first-order valence-corrected chi connectivity index (χ1v) is 45.9. The van der Waals surface area contributed by atoms with E-state index in [4.69, 9.17) is 49.4 Å². The zero-order chi connectivity index (χ0) is 91.0. The lowest BCUT2D eigenvalue weighted by Gasteiger charge is -2.42. The highest BCUT2D eigenvalue weighted by Crippen LogP contribution is 2.40. The number of allylic oxidation sites excluding steroid dienone is 6. The Morgan fingerprint density at radius 1 is 0.705 bits per heavy atom. The molecular weight excluding hydrogens is 1650 g/mol. The van der Waals surface area contributed by atoms with Crippen molar-refractivity contribution >= 4 is 87.2 Å². The molecule has 129 heavy (non-hydrogen) atoms. The predicted molar refractivity (Wildman–Crippen MR) is 483 cm³/mol. The first-order chi connectivity index (χ1) is 62.2. The lowest BCUT2D eigenvalue weighted by atomic mass is 9.81. The fraction of sp³-hybridized carbons (Fsp3) is 0.568. The molecule has 0 radical (unpaired) electrons. The monoisotopic (exact) mass is 1770 g/mol. The Balaban J connectivity index is 0.485. The van der Waals surface area contributed by atoms with E-state index in [1.165, 1.54) is 11.2 Å². The summed E-state index contributed by atoms with van der Waals surface area (Å²) in [5.41, 5.74) is 21.3. The number of nitrogens with zero attached hydrogens (tertiary/aromatic N) is 15. The maximum absolute atomic E-state index is 14.6. The van der Waals surface area contributed by atoms with Crippen LogP contribution in [-0.4, -0.2) is 264 Å². The summed E-state index contributed by atoms with van der Waals surface area (Å²) in [6, 6.07) is 10.8. The van der Waals surface area contributed by atoms with Gasteiger partial charge in [-0.2, -0.15) is 10.1 Å². The van der Waals surface area contributed by atoms with Crippen LogP contribution in [-0.2, 0) is 78.4 Å². The molecule has 5 aromatic heterocycles. The van der Waals surface area contributed by atoms with Gasteiger partial charge in [0.05, 0.1) is 61.5 Å². The molecule has 6 aliphatic heterocycles.